The molecule has 1 aromatic rings. The molecule has 0 aliphatic rings. The van der Waals surface area contributed by atoms with Gasteiger partial charge in [-0.3, -0.25) is 4.98 Å². The Balaban J connectivity index is 0.000000487. The van der Waals surface area contributed by atoms with Gasteiger partial charge in [0.05, 0.1) is 0 Å². The molecule has 0 aliphatic carbocycles. The zero-order chi connectivity index (χ0) is 12.2. The molecule has 85 valence electrons. The Morgan fingerprint density at radius 2 is 1.88 bits per heavy atom. The van der Waals surface area contributed by atoms with Crippen molar-refractivity contribution in [3.8, 4) is 0 Å². The van der Waals surface area contributed by atoms with Gasteiger partial charge in [-0.1, -0.05) is 26.2 Å². The van der Waals surface area contributed by atoms with E-state index in [1.165, 1.54) is 37.7 Å². The molecule has 0 saturated carbocycles. The Kier molecular flexibility index (Phi) is 10.2. The van der Waals surface area contributed by atoms with E-state index in [1.54, 1.807) is 0 Å². The van der Waals surface area contributed by atoms with Crippen molar-refractivity contribution in [2.24, 2.45) is 0 Å². The number of nitrogens with zero attached hydrogens (tertiary/aromatic N) is 1. The van der Waals surface area contributed by atoms with Crippen molar-refractivity contribution in [3.05, 3.63) is 30.1 Å². The summed E-state index contributed by atoms with van der Waals surface area (Å²) in [5.74, 6) is 0. The van der Waals surface area contributed by atoms with Gasteiger partial charge in [-0.05, 0) is 30.5 Å². The van der Waals surface area contributed by atoms with Crippen molar-refractivity contribution in [2.75, 3.05) is 0 Å². The van der Waals surface area contributed by atoms with Crippen LogP contribution in [-0.2, 0) is 24.7 Å². The van der Waals surface area contributed by atoms with Crippen molar-refractivity contribution < 1.29 is 28.2 Å². The van der Waals surface area contributed by atoms with Gasteiger partial charge in [0.2, 0.25) is 0 Å². The first kappa shape index (κ1) is 15.2. The molecule has 0 unspecified atom stereocenters. The van der Waals surface area contributed by atoms with Crippen molar-refractivity contribution in [1.29, 1.82) is 0 Å². The van der Waals surface area contributed by atoms with Gasteiger partial charge in [0.1, 0.15) is 0 Å². The summed E-state index contributed by atoms with van der Waals surface area (Å²) in [5.41, 5.74) is 1.42. The SMILES string of the molecule is CCCCCCc1ccncc1.O=[C](O)[Zn]. The summed E-state index contributed by atoms with van der Waals surface area (Å²) in [5, 5.41) is 7.47. The van der Waals surface area contributed by atoms with Crippen LogP contribution < -0.4 is 0 Å². The number of hydrogen-bond donors (Lipinski definition) is 1. The van der Waals surface area contributed by atoms with Gasteiger partial charge in [0, 0.05) is 12.4 Å². The van der Waals surface area contributed by atoms with E-state index in [0.717, 1.165) is 0 Å². The Morgan fingerprint density at radius 1 is 1.31 bits per heavy atom. The molecule has 0 fully saturated rings. The van der Waals surface area contributed by atoms with Crippen LogP contribution in [-0.4, -0.2) is 14.7 Å². The van der Waals surface area contributed by atoms with Crippen LogP contribution in [0.5, 0.6) is 0 Å². The molecular weight excluding hydrogens is 256 g/mol. The van der Waals surface area contributed by atoms with Crippen LogP contribution in [0.2, 0.25) is 0 Å². The van der Waals surface area contributed by atoms with E-state index in [2.05, 4.69) is 24.0 Å². The van der Waals surface area contributed by atoms with Crippen LogP contribution in [0.25, 0.3) is 0 Å². The van der Waals surface area contributed by atoms with Gasteiger partial charge in [0.15, 0.2) is 0 Å². The number of rotatable bonds is 5. The van der Waals surface area contributed by atoms with Crippen molar-refractivity contribution >= 4 is 4.56 Å². The molecule has 4 heteroatoms. The van der Waals surface area contributed by atoms with Crippen LogP contribution >= 0.6 is 0 Å². The average molecular weight is 274 g/mol. The van der Waals surface area contributed by atoms with Crippen LogP contribution in [0.15, 0.2) is 24.5 Å². The van der Waals surface area contributed by atoms with E-state index >= 15 is 0 Å². The number of aromatic nitrogens is 1. The second-order valence-corrected chi connectivity index (χ2v) is 4.83. The Hall–Kier alpha value is -0.757. The third-order valence-electron chi connectivity index (χ3n) is 2.07. The van der Waals surface area contributed by atoms with Crippen LogP contribution in [0.4, 0.5) is 4.79 Å². The molecule has 1 aromatic heterocycles. The second-order valence-electron chi connectivity index (χ2n) is 3.56. The van der Waals surface area contributed by atoms with Crippen LogP contribution in [0.1, 0.15) is 38.2 Å². The topological polar surface area (TPSA) is 50.2 Å². The van der Waals surface area contributed by atoms with E-state index < -0.39 is 4.56 Å². The van der Waals surface area contributed by atoms with Crippen molar-refractivity contribution in [3.63, 3.8) is 0 Å². The maximum absolute atomic E-state index is 9.06. The molecule has 0 spiro atoms. The summed E-state index contributed by atoms with van der Waals surface area (Å²) in [6.07, 6.45) is 10.3. The molecular formula is C12H18NO2Zn. The normalized spacial score (nSPS) is 9.19. The molecule has 0 bridgehead atoms. The summed E-state index contributed by atoms with van der Waals surface area (Å²) in [6, 6.07) is 4.21. The Bertz CT molecular complexity index is 274. The van der Waals surface area contributed by atoms with Crippen LogP contribution in [0.3, 0.4) is 0 Å². The molecule has 1 N–H and O–H groups in total. The number of carbonyl (C=O) groups is 1. The molecule has 0 radical (unpaired) electrons. The van der Waals surface area contributed by atoms with Gasteiger partial charge in [-0.2, -0.15) is 0 Å². The first-order valence-electron chi connectivity index (χ1n) is 5.60. The molecule has 0 atom stereocenters. The first-order chi connectivity index (χ1) is 7.66. The number of carboxylic acid groups (broad SMARTS) is 1. The Labute approximate surface area is 107 Å². The quantitative estimate of drug-likeness (QED) is 0.661. The monoisotopic (exact) mass is 272 g/mol. The van der Waals surface area contributed by atoms with Crippen LogP contribution in [0, 0.1) is 0 Å². The van der Waals surface area contributed by atoms with Gasteiger partial charge >= 0.3 is 32.8 Å². The summed E-state index contributed by atoms with van der Waals surface area (Å²) < 4.78 is -0.708. The minimum atomic E-state index is -0.708. The molecule has 1 rings (SSSR count). The predicted octanol–water partition coefficient (Wildman–Crippen LogP) is 3.42. The minimum absolute atomic E-state index is 0.347. The van der Waals surface area contributed by atoms with Gasteiger partial charge < -0.3 is 0 Å². The molecule has 0 aromatic carbocycles. The summed E-state index contributed by atoms with van der Waals surface area (Å²) in [4.78, 5) is 13.0. The summed E-state index contributed by atoms with van der Waals surface area (Å²) in [6.45, 7) is 2.24. The molecule has 16 heavy (non-hydrogen) atoms. The zero-order valence-corrected chi connectivity index (χ0v) is 12.8. The predicted molar refractivity (Wildman–Crippen MR) is 60.1 cm³/mol. The number of aryl methyl sites for hydroxylation is 1. The molecule has 0 amide bonds. The zero-order valence-electron chi connectivity index (χ0n) is 9.85. The molecule has 3 nitrogen and oxygen atoms in total. The van der Waals surface area contributed by atoms with Gasteiger partial charge in [0.25, 0.3) is 0 Å². The number of pyridine rings is 1. The molecule has 0 aliphatic heterocycles. The van der Waals surface area contributed by atoms with Crippen molar-refractivity contribution in [1.82, 2.24) is 4.98 Å². The standard InChI is InChI=1S/C11H17N.CHO2.Zn/c1-2-3-4-5-6-11-7-9-12-10-8-11;2-1-3;/h7-10H,2-6H2,1H3;(H,2,3);. The Morgan fingerprint density at radius 3 is 2.38 bits per heavy atom. The van der Waals surface area contributed by atoms with Gasteiger partial charge in [-0.25, -0.2) is 0 Å². The fourth-order valence-electron chi connectivity index (χ4n) is 1.31. The average Bonchev–Trinajstić information content (AvgIpc) is 2.25. The number of unbranched alkanes of at least 4 members (excludes halogenated alkanes) is 3. The third kappa shape index (κ3) is 11.3. The maximum atomic E-state index is 9.06. The number of hydrogen-bond acceptors (Lipinski definition) is 2. The molecule has 0 saturated heterocycles. The summed E-state index contributed by atoms with van der Waals surface area (Å²) >= 11 is 0.347. The summed E-state index contributed by atoms with van der Waals surface area (Å²) in [7, 11) is 0. The second kappa shape index (κ2) is 10.8. The van der Waals surface area contributed by atoms with E-state index in [4.69, 9.17) is 9.90 Å². The van der Waals surface area contributed by atoms with E-state index in [-0.39, 0.29) is 0 Å². The van der Waals surface area contributed by atoms with Crippen molar-refractivity contribution in [2.45, 2.75) is 39.0 Å². The van der Waals surface area contributed by atoms with Gasteiger partial charge in [-0.15, -0.1) is 0 Å². The fraction of sp³-hybridized carbons (Fsp3) is 0.500. The molecule has 1 heterocycles. The van der Waals surface area contributed by atoms with E-state index in [1.807, 2.05) is 12.4 Å². The van der Waals surface area contributed by atoms with E-state index in [9.17, 15) is 0 Å². The third-order valence-corrected chi connectivity index (χ3v) is 2.07. The first-order valence-corrected chi connectivity index (χ1v) is 7.09. The fourth-order valence-corrected chi connectivity index (χ4v) is 1.31. The van der Waals surface area contributed by atoms with E-state index in [0.29, 0.717) is 18.3 Å².